The number of hydrogen-bond donors (Lipinski definition) is 1. The van der Waals surface area contributed by atoms with Crippen molar-refractivity contribution in [3.8, 4) is 11.8 Å². The molecule has 0 atom stereocenters. The molecule has 1 aromatic carbocycles. The molecule has 2 rings (SSSR count). The zero-order chi connectivity index (χ0) is 19.1. The van der Waals surface area contributed by atoms with E-state index in [1.165, 1.54) is 6.08 Å². The Kier molecular flexibility index (Phi) is 6.53. The molecule has 1 aromatic heterocycles. The van der Waals surface area contributed by atoms with E-state index >= 15 is 0 Å². The maximum absolute atomic E-state index is 12.2. The van der Waals surface area contributed by atoms with E-state index < -0.39 is 11.9 Å². The van der Waals surface area contributed by atoms with E-state index in [1.807, 2.05) is 18.2 Å². The standard InChI is InChI=1S/C19H18N2O4S/c1-4-25-19(23)17-12(2)15(11-20)18(26-17)21-16(22)10-7-13-5-8-14(24-3)9-6-13/h5-10H,4H2,1-3H3,(H,21,22). The summed E-state index contributed by atoms with van der Waals surface area (Å²) in [5.74, 6) is -0.166. The van der Waals surface area contributed by atoms with Crippen molar-refractivity contribution in [3.63, 3.8) is 0 Å². The van der Waals surface area contributed by atoms with Gasteiger partial charge in [-0.25, -0.2) is 4.79 Å². The minimum Gasteiger partial charge on any atom is -0.497 e. The highest BCUT2D eigenvalue weighted by atomic mass is 32.1. The number of benzene rings is 1. The van der Waals surface area contributed by atoms with Crippen LogP contribution in [0.5, 0.6) is 5.75 Å². The molecule has 0 fully saturated rings. The average Bonchev–Trinajstić information content (AvgIpc) is 2.95. The van der Waals surface area contributed by atoms with E-state index in [-0.39, 0.29) is 12.2 Å². The van der Waals surface area contributed by atoms with Crippen molar-refractivity contribution in [2.24, 2.45) is 0 Å². The van der Waals surface area contributed by atoms with Gasteiger partial charge in [0.2, 0.25) is 5.91 Å². The fraction of sp³-hybridized carbons (Fsp3) is 0.211. The molecule has 2 aromatic rings. The summed E-state index contributed by atoms with van der Waals surface area (Å²) in [7, 11) is 1.58. The van der Waals surface area contributed by atoms with Crippen LogP contribution in [0.15, 0.2) is 30.3 Å². The monoisotopic (exact) mass is 370 g/mol. The summed E-state index contributed by atoms with van der Waals surface area (Å²) in [5.41, 5.74) is 1.60. The lowest BCUT2D eigenvalue weighted by atomic mass is 10.1. The summed E-state index contributed by atoms with van der Waals surface area (Å²) in [6.07, 6.45) is 3.01. The molecule has 7 heteroatoms. The number of esters is 1. The number of carbonyl (C=O) groups is 2. The van der Waals surface area contributed by atoms with Crippen molar-refractivity contribution in [3.05, 3.63) is 51.9 Å². The van der Waals surface area contributed by atoms with Crippen molar-refractivity contribution < 1.29 is 19.1 Å². The molecule has 0 radical (unpaired) electrons. The molecular formula is C19H18N2O4S. The van der Waals surface area contributed by atoms with Crippen LogP contribution in [0.1, 0.15) is 33.3 Å². The summed E-state index contributed by atoms with van der Waals surface area (Å²) < 4.78 is 10.1. The molecule has 1 amide bonds. The van der Waals surface area contributed by atoms with E-state index in [0.29, 0.717) is 15.4 Å². The lowest BCUT2D eigenvalue weighted by Gasteiger charge is -2.00. The largest absolute Gasteiger partial charge is 0.497 e. The zero-order valence-electron chi connectivity index (χ0n) is 14.7. The number of nitrogens with one attached hydrogen (secondary N) is 1. The Morgan fingerprint density at radius 1 is 1.31 bits per heavy atom. The molecule has 134 valence electrons. The lowest BCUT2D eigenvalue weighted by Crippen LogP contribution is -2.07. The van der Waals surface area contributed by atoms with Gasteiger partial charge in [0, 0.05) is 6.08 Å². The van der Waals surface area contributed by atoms with Gasteiger partial charge >= 0.3 is 5.97 Å². The Hall–Kier alpha value is -3.11. The number of hydrogen-bond acceptors (Lipinski definition) is 6. The molecule has 0 saturated heterocycles. The molecule has 0 unspecified atom stereocenters. The first kappa shape index (κ1) is 19.2. The van der Waals surface area contributed by atoms with Crippen LogP contribution in [0.2, 0.25) is 0 Å². The molecule has 6 nitrogen and oxygen atoms in total. The van der Waals surface area contributed by atoms with Crippen molar-refractivity contribution in [2.45, 2.75) is 13.8 Å². The number of rotatable bonds is 6. The quantitative estimate of drug-likeness (QED) is 0.618. The summed E-state index contributed by atoms with van der Waals surface area (Å²) in [4.78, 5) is 24.4. The van der Waals surface area contributed by atoms with Crippen LogP contribution >= 0.6 is 11.3 Å². The first-order valence-corrected chi connectivity index (χ1v) is 8.65. The van der Waals surface area contributed by atoms with Crippen molar-refractivity contribution in [1.82, 2.24) is 0 Å². The minimum absolute atomic E-state index is 0.240. The van der Waals surface area contributed by atoms with Gasteiger partial charge in [-0.05, 0) is 43.2 Å². The summed E-state index contributed by atoms with van der Waals surface area (Å²) >= 11 is 1.03. The number of nitriles is 1. The van der Waals surface area contributed by atoms with Gasteiger partial charge < -0.3 is 14.8 Å². The van der Waals surface area contributed by atoms with Gasteiger partial charge in [-0.2, -0.15) is 5.26 Å². The van der Waals surface area contributed by atoms with Gasteiger partial charge in [0.15, 0.2) is 0 Å². The van der Waals surface area contributed by atoms with Crippen LogP contribution in [0.25, 0.3) is 6.08 Å². The second kappa shape index (κ2) is 8.83. The van der Waals surface area contributed by atoms with Crippen molar-refractivity contribution >= 4 is 34.3 Å². The number of carbonyl (C=O) groups excluding carboxylic acids is 2. The highest BCUT2D eigenvalue weighted by molar-refractivity contribution is 7.18. The van der Waals surface area contributed by atoms with Crippen LogP contribution < -0.4 is 10.1 Å². The molecule has 0 aliphatic rings. The predicted molar refractivity (Wildman–Crippen MR) is 100 cm³/mol. The number of nitrogens with zero attached hydrogens (tertiary/aromatic N) is 1. The van der Waals surface area contributed by atoms with E-state index in [2.05, 4.69) is 5.32 Å². The normalized spacial score (nSPS) is 10.4. The Labute approximate surface area is 155 Å². The predicted octanol–water partition coefficient (Wildman–Crippen LogP) is 3.77. The summed E-state index contributed by atoms with van der Waals surface area (Å²) in [6, 6.07) is 9.24. The summed E-state index contributed by atoms with van der Waals surface area (Å²) in [6.45, 7) is 3.60. The topological polar surface area (TPSA) is 88.4 Å². The van der Waals surface area contributed by atoms with E-state index in [1.54, 1.807) is 39.2 Å². The maximum Gasteiger partial charge on any atom is 0.348 e. The molecule has 1 N–H and O–H groups in total. The number of amides is 1. The second-order valence-electron chi connectivity index (χ2n) is 5.19. The molecule has 0 aliphatic heterocycles. The molecule has 0 bridgehead atoms. The van der Waals surface area contributed by atoms with Crippen LogP contribution in [-0.2, 0) is 9.53 Å². The third kappa shape index (κ3) is 4.49. The van der Waals surface area contributed by atoms with Crippen molar-refractivity contribution in [2.75, 3.05) is 19.0 Å². The van der Waals surface area contributed by atoms with Gasteiger partial charge in [-0.15, -0.1) is 11.3 Å². The molecule has 0 spiro atoms. The Bertz CT molecular complexity index is 876. The van der Waals surface area contributed by atoms with Gasteiger partial charge in [0.05, 0.1) is 19.3 Å². The maximum atomic E-state index is 12.2. The molecule has 26 heavy (non-hydrogen) atoms. The van der Waals surface area contributed by atoms with Gasteiger partial charge in [-0.3, -0.25) is 4.79 Å². The third-order valence-electron chi connectivity index (χ3n) is 3.50. The first-order valence-electron chi connectivity index (χ1n) is 7.83. The smallest absolute Gasteiger partial charge is 0.348 e. The Morgan fingerprint density at radius 3 is 2.58 bits per heavy atom. The minimum atomic E-state index is -0.499. The fourth-order valence-corrected chi connectivity index (χ4v) is 3.22. The van der Waals surface area contributed by atoms with Crippen molar-refractivity contribution in [1.29, 1.82) is 5.26 Å². The molecule has 0 aliphatic carbocycles. The van der Waals surface area contributed by atoms with Crippen LogP contribution in [-0.4, -0.2) is 25.6 Å². The van der Waals surface area contributed by atoms with Crippen LogP contribution in [0.4, 0.5) is 5.00 Å². The second-order valence-corrected chi connectivity index (χ2v) is 6.21. The lowest BCUT2D eigenvalue weighted by molar-refractivity contribution is -0.111. The number of ether oxygens (including phenoxy) is 2. The zero-order valence-corrected chi connectivity index (χ0v) is 15.5. The third-order valence-corrected chi connectivity index (χ3v) is 4.69. The fourth-order valence-electron chi connectivity index (χ4n) is 2.17. The number of thiophene rings is 1. The van der Waals surface area contributed by atoms with Gasteiger partial charge in [-0.1, -0.05) is 12.1 Å². The Balaban J connectivity index is 2.15. The first-order chi connectivity index (χ1) is 12.5. The molecular weight excluding hydrogens is 352 g/mol. The van der Waals surface area contributed by atoms with Crippen LogP contribution in [0, 0.1) is 18.3 Å². The van der Waals surface area contributed by atoms with Gasteiger partial charge in [0.25, 0.3) is 0 Å². The SMILES string of the molecule is CCOC(=O)c1sc(NC(=O)C=Cc2ccc(OC)cc2)c(C#N)c1C. The molecule has 1 heterocycles. The van der Waals surface area contributed by atoms with E-state index in [0.717, 1.165) is 22.6 Å². The number of anilines is 1. The summed E-state index contributed by atoms with van der Waals surface area (Å²) in [5, 5.41) is 12.3. The van der Waals surface area contributed by atoms with Crippen LogP contribution in [0.3, 0.4) is 0 Å². The Morgan fingerprint density at radius 2 is 2.00 bits per heavy atom. The highest BCUT2D eigenvalue weighted by Crippen LogP contribution is 2.33. The van der Waals surface area contributed by atoms with E-state index in [4.69, 9.17) is 9.47 Å². The highest BCUT2D eigenvalue weighted by Gasteiger charge is 2.21. The van der Waals surface area contributed by atoms with E-state index in [9.17, 15) is 14.9 Å². The number of methoxy groups -OCH3 is 1. The van der Waals surface area contributed by atoms with Gasteiger partial charge in [0.1, 0.15) is 21.7 Å². The average molecular weight is 370 g/mol. The molecule has 0 saturated carbocycles.